The van der Waals surface area contributed by atoms with Gasteiger partial charge < -0.3 is 9.47 Å². The van der Waals surface area contributed by atoms with Crippen molar-refractivity contribution in [3.63, 3.8) is 0 Å². The third kappa shape index (κ3) is 3.63. The lowest BCUT2D eigenvalue weighted by Crippen LogP contribution is -2.15. The number of carbonyl (C=O) groups excluding carboxylic acids is 2. The second kappa shape index (κ2) is 8.35. The molecule has 0 saturated carbocycles. The quantitative estimate of drug-likeness (QED) is 0.170. The number of halogens is 8. The lowest BCUT2D eigenvalue weighted by atomic mass is 10.00. The van der Waals surface area contributed by atoms with Crippen LogP contribution in [0.25, 0.3) is 11.1 Å². The van der Waals surface area contributed by atoms with Crippen LogP contribution in [0.1, 0.15) is 0 Å². The van der Waals surface area contributed by atoms with E-state index >= 15 is 0 Å². The highest BCUT2D eigenvalue weighted by molar-refractivity contribution is 5.89. The van der Waals surface area contributed by atoms with E-state index in [1.54, 1.807) is 0 Å². The van der Waals surface area contributed by atoms with Crippen LogP contribution in [-0.4, -0.2) is 11.9 Å². The number of hydrogen-bond donors (Lipinski definition) is 0. The first-order chi connectivity index (χ1) is 14.0. The van der Waals surface area contributed by atoms with E-state index in [9.17, 15) is 44.7 Å². The van der Waals surface area contributed by atoms with Gasteiger partial charge in [0, 0.05) is 12.2 Å². The minimum Gasteiger partial charge on any atom is -0.418 e. The molecule has 0 N–H and O–H groups in total. The Labute approximate surface area is 161 Å². The molecule has 0 bridgehead atoms. The van der Waals surface area contributed by atoms with Gasteiger partial charge in [-0.1, -0.05) is 13.2 Å². The van der Waals surface area contributed by atoms with Crippen LogP contribution in [0.3, 0.4) is 0 Å². The second-order valence-corrected chi connectivity index (χ2v) is 5.17. The number of ether oxygens (including phenoxy) is 2. The summed E-state index contributed by atoms with van der Waals surface area (Å²) < 4.78 is 120. The van der Waals surface area contributed by atoms with Gasteiger partial charge in [-0.2, -0.15) is 4.39 Å². The molecule has 4 nitrogen and oxygen atoms in total. The van der Waals surface area contributed by atoms with E-state index < -0.39 is 81.1 Å². The highest BCUT2D eigenvalue weighted by Gasteiger charge is 2.36. The molecule has 12 heteroatoms. The van der Waals surface area contributed by atoms with Crippen molar-refractivity contribution in [2.75, 3.05) is 0 Å². The van der Waals surface area contributed by atoms with Crippen molar-refractivity contribution in [1.29, 1.82) is 0 Å². The molecule has 2 aromatic carbocycles. The Kier molecular flexibility index (Phi) is 6.29. The van der Waals surface area contributed by atoms with E-state index in [-0.39, 0.29) is 0 Å². The molecule has 0 aliphatic heterocycles. The van der Waals surface area contributed by atoms with Gasteiger partial charge in [0.25, 0.3) is 0 Å². The molecule has 158 valence electrons. The van der Waals surface area contributed by atoms with E-state index in [2.05, 4.69) is 22.6 Å². The first-order valence-corrected chi connectivity index (χ1v) is 7.38. The van der Waals surface area contributed by atoms with Gasteiger partial charge in [-0.25, -0.2) is 40.3 Å². The Balaban J connectivity index is 3.09. The minimum atomic E-state index is -2.65. The lowest BCUT2D eigenvalue weighted by molar-refractivity contribution is -0.131. The fourth-order valence-corrected chi connectivity index (χ4v) is 2.14. The zero-order valence-electron chi connectivity index (χ0n) is 14.2. The van der Waals surface area contributed by atoms with Crippen LogP contribution < -0.4 is 9.47 Å². The number of benzene rings is 2. The summed E-state index contributed by atoms with van der Waals surface area (Å²) in [5.74, 6) is -27.1. The van der Waals surface area contributed by atoms with E-state index in [4.69, 9.17) is 0 Å². The number of hydrogen-bond acceptors (Lipinski definition) is 4. The predicted octanol–water partition coefficient (Wildman–Crippen LogP) is 4.65. The molecule has 0 saturated heterocycles. The maximum Gasteiger partial charge on any atom is 0.335 e. The molecule has 0 fully saturated rings. The van der Waals surface area contributed by atoms with Crippen LogP contribution in [0.5, 0.6) is 11.5 Å². The third-order valence-electron chi connectivity index (χ3n) is 3.44. The van der Waals surface area contributed by atoms with Gasteiger partial charge in [-0.15, -0.1) is 0 Å². The Morgan fingerprint density at radius 2 is 0.867 bits per heavy atom. The average molecular weight is 438 g/mol. The molecule has 0 atom stereocenters. The molecule has 2 aromatic rings. The second-order valence-electron chi connectivity index (χ2n) is 5.17. The molecule has 0 aliphatic carbocycles. The molecule has 0 unspecified atom stereocenters. The fourth-order valence-electron chi connectivity index (χ4n) is 2.14. The largest absolute Gasteiger partial charge is 0.418 e. The first-order valence-electron chi connectivity index (χ1n) is 7.38. The highest BCUT2D eigenvalue weighted by Crippen LogP contribution is 2.46. The van der Waals surface area contributed by atoms with Gasteiger partial charge in [0.2, 0.25) is 17.4 Å². The van der Waals surface area contributed by atoms with Crippen LogP contribution >= 0.6 is 0 Å². The lowest BCUT2D eigenvalue weighted by Gasteiger charge is -2.17. The minimum absolute atomic E-state index is 0.362. The van der Waals surface area contributed by atoms with Gasteiger partial charge in [0.05, 0.1) is 11.1 Å². The molecule has 2 rings (SSSR count). The van der Waals surface area contributed by atoms with Crippen molar-refractivity contribution in [1.82, 2.24) is 0 Å². The van der Waals surface area contributed by atoms with Crippen molar-refractivity contribution < 1.29 is 54.2 Å². The molecule has 0 aliphatic rings. The molecule has 0 heterocycles. The molecule has 0 spiro atoms. The topological polar surface area (TPSA) is 52.6 Å². The van der Waals surface area contributed by atoms with Gasteiger partial charge in [0.1, 0.15) is 0 Å². The first kappa shape index (κ1) is 22.6. The molecule has 30 heavy (non-hydrogen) atoms. The fraction of sp³-hybridized carbons (Fsp3) is 0. The Morgan fingerprint density at radius 3 is 1.30 bits per heavy atom. The average Bonchev–Trinajstić information content (AvgIpc) is 2.73. The summed E-state index contributed by atoms with van der Waals surface area (Å²) in [4.78, 5) is 22.9. The highest BCUT2D eigenvalue weighted by atomic mass is 19.2. The van der Waals surface area contributed by atoms with Crippen molar-refractivity contribution >= 4 is 11.9 Å². The summed E-state index contributed by atoms with van der Waals surface area (Å²) in [6.45, 7) is 5.85. The summed E-state index contributed by atoms with van der Waals surface area (Å²) in [6.07, 6.45) is 0.748. The number of esters is 2. The SMILES string of the molecule is C=CC(=O)Oc1c(F)c(F)c(F)c(-c2c(F)c(F)c(F)c(F)c2F)c1OC(=O)C=C. The molecule has 0 aromatic heterocycles. The van der Waals surface area contributed by atoms with Gasteiger partial charge >= 0.3 is 11.9 Å². The number of carbonyl (C=O) groups is 2. The third-order valence-corrected chi connectivity index (χ3v) is 3.44. The van der Waals surface area contributed by atoms with E-state index in [0.29, 0.717) is 12.2 Å². The van der Waals surface area contributed by atoms with Crippen LogP contribution in [0.4, 0.5) is 35.1 Å². The summed E-state index contributed by atoms with van der Waals surface area (Å²) in [5.41, 5.74) is -4.05. The molecule has 0 radical (unpaired) electrons. The maximum atomic E-state index is 14.4. The van der Waals surface area contributed by atoms with Crippen molar-refractivity contribution in [3.8, 4) is 22.6 Å². The maximum absolute atomic E-state index is 14.4. The summed E-state index contributed by atoms with van der Waals surface area (Å²) in [6, 6.07) is 0. The molecular formula is C18H6F8O4. The normalized spacial score (nSPS) is 10.5. The predicted molar refractivity (Wildman–Crippen MR) is 83.2 cm³/mol. The molecule has 0 amide bonds. The van der Waals surface area contributed by atoms with Crippen LogP contribution in [0.15, 0.2) is 25.3 Å². The van der Waals surface area contributed by atoms with Crippen LogP contribution in [0.2, 0.25) is 0 Å². The molecular weight excluding hydrogens is 432 g/mol. The van der Waals surface area contributed by atoms with Gasteiger partial charge in [-0.3, -0.25) is 0 Å². The van der Waals surface area contributed by atoms with Crippen LogP contribution in [0, 0.1) is 46.5 Å². The summed E-state index contributed by atoms with van der Waals surface area (Å²) in [7, 11) is 0. The zero-order valence-corrected chi connectivity index (χ0v) is 14.2. The van der Waals surface area contributed by atoms with Gasteiger partial charge in [0.15, 0.2) is 40.7 Å². The van der Waals surface area contributed by atoms with E-state index in [0.717, 1.165) is 0 Å². The Bertz CT molecular complexity index is 1080. The van der Waals surface area contributed by atoms with Crippen molar-refractivity contribution in [2.24, 2.45) is 0 Å². The number of rotatable bonds is 5. The Hall–Kier alpha value is -3.70. The van der Waals surface area contributed by atoms with E-state index in [1.807, 2.05) is 0 Å². The summed E-state index contributed by atoms with van der Waals surface area (Å²) >= 11 is 0. The van der Waals surface area contributed by atoms with Crippen LogP contribution in [-0.2, 0) is 9.59 Å². The monoisotopic (exact) mass is 438 g/mol. The zero-order chi connectivity index (χ0) is 22.9. The van der Waals surface area contributed by atoms with E-state index in [1.165, 1.54) is 0 Å². The Morgan fingerprint density at radius 1 is 0.533 bits per heavy atom. The smallest absolute Gasteiger partial charge is 0.335 e. The summed E-state index contributed by atoms with van der Waals surface area (Å²) in [5, 5.41) is 0. The van der Waals surface area contributed by atoms with Crippen molar-refractivity contribution in [2.45, 2.75) is 0 Å². The van der Waals surface area contributed by atoms with Crippen molar-refractivity contribution in [3.05, 3.63) is 71.8 Å². The standard InChI is InChI=1S/C18H6F8O4/c1-3-5(27)29-17-8(7-9(19)12(22)15(25)13(23)10(7)20)11(21)14(24)16(26)18(17)30-6(28)4-2/h3-4H,1-2H2. The van der Waals surface area contributed by atoms with Gasteiger partial charge in [-0.05, 0) is 0 Å².